The first-order chi connectivity index (χ1) is 9.16. The van der Waals surface area contributed by atoms with E-state index in [2.05, 4.69) is 0 Å². The number of nitrogens with zero attached hydrogens (tertiary/aromatic N) is 2. The molecule has 2 heterocycles. The Kier molecular flexibility index (Phi) is 5.62. The molecule has 0 bridgehead atoms. The van der Waals surface area contributed by atoms with Crippen molar-refractivity contribution < 1.29 is 13.5 Å². The van der Waals surface area contributed by atoms with Crippen molar-refractivity contribution in [1.29, 1.82) is 0 Å². The van der Waals surface area contributed by atoms with Gasteiger partial charge in [-0.05, 0) is 32.1 Å². The van der Waals surface area contributed by atoms with E-state index in [0.717, 1.165) is 44.9 Å². The fraction of sp³-hybridized carbons (Fsp3) is 1.00. The van der Waals surface area contributed by atoms with Crippen LogP contribution in [0.2, 0.25) is 0 Å². The second-order valence-corrected chi connectivity index (χ2v) is 7.47. The largest absolute Gasteiger partial charge is 0.396 e. The first-order valence-electron chi connectivity index (χ1n) is 7.54. The zero-order valence-electron chi connectivity index (χ0n) is 11.6. The van der Waals surface area contributed by atoms with E-state index >= 15 is 0 Å². The van der Waals surface area contributed by atoms with Crippen molar-refractivity contribution in [3.05, 3.63) is 0 Å². The lowest BCUT2D eigenvalue weighted by Gasteiger charge is -2.37. The first-order valence-corrected chi connectivity index (χ1v) is 8.94. The summed E-state index contributed by atoms with van der Waals surface area (Å²) < 4.78 is 28.8. The molecule has 0 aromatic carbocycles. The van der Waals surface area contributed by atoms with Crippen molar-refractivity contribution >= 4 is 10.2 Å². The Morgan fingerprint density at radius 3 is 2.21 bits per heavy atom. The number of piperidine rings is 1. The summed E-state index contributed by atoms with van der Waals surface area (Å²) >= 11 is 0. The molecule has 1 N–H and O–H groups in total. The molecule has 2 aliphatic heterocycles. The summed E-state index contributed by atoms with van der Waals surface area (Å²) in [7, 11) is -3.32. The molecule has 0 aromatic rings. The molecule has 1 atom stereocenters. The highest BCUT2D eigenvalue weighted by Crippen LogP contribution is 2.26. The molecule has 5 nitrogen and oxygen atoms in total. The second kappa shape index (κ2) is 7.02. The number of hydrogen-bond acceptors (Lipinski definition) is 3. The van der Waals surface area contributed by atoms with Crippen LogP contribution in [0.1, 0.15) is 51.4 Å². The van der Waals surface area contributed by atoms with Crippen LogP contribution < -0.4 is 0 Å². The van der Waals surface area contributed by atoms with Gasteiger partial charge in [-0.15, -0.1) is 0 Å². The number of hydrogen-bond donors (Lipinski definition) is 1. The Hall–Kier alpha value is -0.170. The van der Waals surface area contributed by atoms with Crippen molar-refractivity contribution in [3.63, 3.8) is 0 Å². The van der Waals surface area contributed by atoms with Crippen LogP contribution >= 0.6 is 0 Å². The molecule has 1 unspecified atom stereocenters. The van der Waals surface area contributed by atoms with E-state index in [0.29, 0.717) is 26.1 Å². The maximum Gasteiger partial charge on any atom is 0.282 e. The van der Waals surface area contributed by atoms with E-state index in [1.165, 1.54) is 0 Å². The van der Waals surface area contributed by atoms with Crippen LogP contribution in [-0.4, -0.2) is 54.4 Å². The lowest BCUT2D eigenvalue weighted by molar-refractivity contribution is 0.183. The van der Waals surface area contributed by atoms with E-state index in [4.69, 9.17) is 5.11 Å². The zero-order valence-corrected chi connectivity index (χ0v) is 12.4. The van der Waals surface area contributed by atoms with Crippen molar-refractivity contribution in [2.75, 3.05) is 26.2 Å². The minimum Gasteiger partial charge on any atom is -0.396 e. The quantitative estimate of drug-likeness (QED) is 0.850. The average Bonchev–Trinajstić information content (AvgIpc) is 2.69. The van der Waals surface area contributed by atoms with Gasteiger partial charge in [-0.1, -0.05) is 19.3 Å². The van der Waals surface area contributed by atoms with Crippen LogP contribution in [0.5, 0.6) is 0 Å². The fourth-order valence-electron chi connectivity index (χ4n) is 3.14. The minimum atomic E-state index is -3.32. The Balaban J connectivity index is 2.11. The van der Waals surface area contributed by atoms with Gasteiger partial charge in [0.1, 0.15) is 0 Å². The minimum absolute atomic E-state index is 0.00740. The van der Waals surface area contributed by atoms with Crippen LogP contribution in [0.25, 0.3) is 0 Å². The maximum atomic E-state index is 12.7. The van der Waals surface area contributed by atoms with E-state index in [9.17, 15) is 8.42 Å². The summed E-state index contributed by atoms with van der Waals surface area (Å²) in [6.07, 6.45) is 7.65. The number of aliphatic hydroxyl groups excluding tert-OH is 1. The van der Waals surface area contributed by atoms with E-state index in [1.807, 2.05) is 0 Å². The third-order valence-corrected chi connectivity index (χ3v) is 6.31. The molecular formula is C13H26N2O3S. The third kappa shape index (κ3) is 3.68. The molecule has 2 fully saturated rings. The molecule has 0 saturated carbocycles. The van der Waals surface area contributed by atoms with Crippen LogP contribution in [0.3, 0.4) is 0 Å². The van der Waals surface area contributed by atoms with E-state index in [-0.39, 0.29) is 12.6 Å². The van der Waals surface area contributed by atoms with Crippen LogP contribution in [0.4, 0.5) is 0 Å². The van der Waals surface area contributed by atoms with Gasteiger partial charge in [0.15, 0.2) is 0 Å². The third-order valence-electron chi connectivity index (χ3n) is 4.22. The Morgan fingerprint density at radius 2 is 1.58 bits per heavy atom. The normalized spacial score (nSPS) is 28.2. The fourth-order valence-corrected chi connectivity index (χ4v) is 5.10. The molecule has 2 aliphatic rings. The summed E-state index contributed by atoms with van der Waals surface area (Å²) in [5.74, 6) is 0. The van der Waals surface area contributed by atoms with Crippen molar-refractivity contribution in [2.24, 2.45) is 0 Å². The summed E-state index contributed by atoms with van der Waals surface area (Å²) in [5.41, 5.74) is 0. The summed E-state index contributed by atoms with van der Waals surface area (Å²) in [6.45, 7) is 2.00. The summed E-state index contributed by atoms with van der Waals surface area (Å²) in [4.78, 5) is 0. The van der Waals surface area contributed by atoms with Crippen LogP contribution in [-0.2, 0) is 10.2 Å². The lowest BCUT2D eigenvalue weighted by atomic mass is 10.0. The first kappa shape index (κ1) is 15.2. The van der Waals surface area contributed by atoms with Crippen molar-refractivity contribution in [3.8, 4) is 0 Å². The van der Waals surface area contributed by atoms with Gasteiger partial charge in [0, 0.05) is 32.3 Å². The van der Waals surface area contributed by atoms with Gasteiger partial charge < -0.3 is 5.11 Å². The highest BCUT2D eigenvalue weighted by Gasteiger charge is 2.36. The second-order valence-electron chi connectivity index (χ2n) is 5.59. The smallest absolute Gasteiger partial charge is 0.282 e. The van der Waals surface area contributed by atoms with Gasteiger partial charge >= 0.3 is 0 Å². The monoisotopic (exact) mass is 290 g/mol. The molecule has 2 saturated heterocycles. The van der Waals surface area contributed by atoms with Gasteiger partial charge in [0.2, 0.25) is 0 Å². The maximum absolute atomic E-state index is 12.7. The van der Waals surface area contributed by atoms with Gasteiger partial charge in [-0.2, -0.15) is 17.0 Å². The highest BCUT2D eigenvalue weighted by atomic mass is 32.2. The topological polar surface area (TPSA) is 60.9 Å². The van der Waals surface area contributed by atoms with Gasteiger partial charge in [-0.25, -0.2) is 0 Å². The average molecular weight is 290 g/mol. The van der Waals surface area contributed by atoms with Gasteiger partial charge in [-0.3, -0.25) is 0 Å². The molecule has 6 heteroatoms. The molecule has 0 amide bonds. The predicted molar refractivity (Wildman–Crippen MR) is 75.0 cm³/mol. The molecule has 19 heavy (non-hydrogen) atoms. The van der Waals surface area contributed by atoms with E-state index < -0.39 is 10.2 Å². The molecular weight excluding hydrogens is 264 g/mol. The molecule has 0 radical (unpaired) electrons. The standard InChI is InChI=1S/C13H26N2O3S/c16-12-8-13-7-3-6-11-15(13)19(17,18)14-9-4-1-2-5-10-14/h13,16H,1-12H2. The molecule has 0 aromatic heterocycles. The van der Waals surface area contributed by atoms with Crippen molar-refractivity contribution in [2.45, 2.75) is 57.4 Å². The Bertz CT molecular complexity index is 362. The molecule has 0 spiro atoms. The Labute approximate surface area is 116 Å². The van der Waals surface area contributed by atoms with Crippen LogP contribution in [0.15, 0.2) is 0 Å². The van der Waals surface area contributed by atoms with Gasteiger partial charge in [0.25, 0.3) is 10.2 Å². The number of rotatable bonds is 4. The predicted octanol–water partition coefficient (Wildman–Crippen LogP) is 1.34. The number of aliphatic hydroxyl groups is 1. The Morgan fingerprint density at radius 1 is 0.947 bits per heavy atom. The molecule has 0 aliphatic carbocycles. The van der Waals surface area contributed by atoms with Crippen molar-refractivity contribution in [1.82, 2.24) is 8.61 Å². The molecule has 112 valence electrons. The summed E-state index contributed by atoms with van der Waals surface area (Å²) in [6, 6.07) is -0.00740. The van der Waals surface area contributed by atoms with Crippen LogP contribution in [0, 0.1) is 0 Å². The highest BCUT2D eigenvalue weighted by molar-refractivity contribution is 7.86. The lowest BCUT2D eigenvalue weighted by Crippen LogP contribution is -2.51. The zero-order chi connectivity index (χ0) is 13.7. The summed E-state index contributed by atoms with van der Waals surface area (Å²) in [5, 5.41) is 9.12. The van der Waals surface area contributed by atoms with Gasteiger partial charge in [0.05, 0.1) is 0 Å². The molecule has 2 rings (SSSR count). The SMILES string of the molecule is O=S(=O)(N1CCCCCC1)N1CCCCC1CCO. The van der Waals surface area contributed by atoms with E-state index in [1.54, 1.807) is 8.61 Å².